The number of anilines is 1. The van der Waals surface area contributed by atoms with Crippen LogP contribution >= 0.6 is 0 Å². The molecule has 1 aromatic carbocycles. The zero-order valence-corrected chi connectivity index (χ0v) is 21.4. The summed E-state index contributed by atoms with van der Waals surface area (Å²) in [5, 5.41) is 8.17. The zero-order chi connectivity index (χ0) is 25.9. The van der Waals surface area contributed by atoms with Gasteiger partial charge >= 0.3 is 12.2 Å². The average molecular weight is 498 g/mol. The molecule has 10 heteroatoms. The van der Waals surface area contributed by atoms with Crippen LogP contribution in [0.15, 0.2) is 29.1 Å². The Morgan fingerprint density at radius 2 is 1.97 bits per heavy atom. The van der Waals surface area contributed by atoms with Gasteiger partial charge in [0.2, 0.25) is 0 Å². The fraction of sp³-hybridized carbons (Fsp3) is 0.538. The number of aromatic amines is 1. The van der Waals surface area contributed by atoms with Crippen LogP contribution in [0, 0.1) is 0 Å². The SMILES string of the molecule is CCCCOC(=O)Nc1cccc2nn3c(C4CCN(C(=O)OC(C)(C)CC)CC4)cc(=O)[nH]c3c12. The van der Waals surface area contributed by atoms with Crippen molar-refractivity contribution in [2.75, 3.05) is 25.0 Å². The van der Waals surface area contributed by atoms with Gasteiger partial charge in [-0.15, -0.1) is 0 Å². The van der Waals surface area contributed by atoms with Gasteiger partial charge in [-0.1, -0.05) is 26.3 Å². The molecule has 0 saturated carbocycles. The maximum absolute atomic E-state index is 12.7. The summed E-state index contributed by atoms with van der Waals surface area (Å²) < 4.78 is 12.6. The Morgan fingerprint density at radius 1 is 1.22 bits per heavy atom. The molecule has 2 N–H and O–H groups in total. The Morgan fingerprint density at radius 3 is 2.67 bits per heavy atom. The molecule has 1 aliphatic heterocycles. The second kappa shape index (κ2) is 10.6. The summed E-state index contributed by atoms with van der Waals surface area (Å²) in [5.41, 5.74) is 1.72. The van der Waals surface area contributed by atoms with Crippen LogP contribution in [0.25, 0.3) is 16.6 Å². The van der Waals surface area contributed by atoms with Gasteiger partial charge in [-0.25, -0.2) is 14.1 Å². The summed E-state index contributed by atoms with van der Waals surface area (Å²) >= 11 is 0. The first-order valence-corrected chi connectivity index (χ1v) is 12.7. The van der Waals surface area contributed by atoms with E-state index in [1.165, 1.54) is 0 Å². The number of carbonyl (C=O) groups excluding carboxylic acids is 2. The molecule has 0 atom stereocenters. The number of nitrogens with zero attached hydrogens (tertiary/aromatic N) is 3. The summed E-state index contributed by atoms with van der Waals surface area (Å²) in [6.07, 6.45) is 2.98. The Hall–Kier alpha value is -3.56. The molecule has 1 saturated heterocycles. The van der Waals surface area contributed by atoms with Crippen molar-refractivity contribution in [3.63, 3.8) is 0 Å². The number of amides is 2. The number of aromatic nitrogens is 3. The highest BCUT2D eigenvalue weighted by atomic mass is 16.6. The lowest BCUT2D eigenvalue weighted by molar-refractivity contribution is 0.00740. The molecule has 1 fully saturated rings. The third-order valence-electron chi connectivity index (χ3n) is 6.82. The standard InChI is InChI=1S/C26H35N5O5/c1-5-7-15-35-24(33)27-18-9-8-10-19-22(18)23-28-21(32)16-20(31(23)29-19)17-11-13-30(14-12-17)25(34)36-26(3,4)6-2/h8-10,16-17H,5-7,11-15H2,1-4H3,(H,27,33)(H,28,32). The number of ether oxygens (including phenoxy) is 2. The molecular formula is C26H35N5O5. The molecule has 0 spiro atoms. The van der Waals surface area contributed by atoms with Crippen molar-refractivity contribution in [2.45, 2.75) is 71.3 Å². The molecule has 3 heterocycles. The van der Waals surface area contributed by atoms with Crippen molar-refractivity contribution in [1.29, 1.82) is 0 Å². The van der Waals surface area contributed by atoms with Gasteiger partial charge in [0.1, 0.15) is 11.2 Å². The van der Waals surface area contributed by atoms with E-state index in [1.54, 1.807) is 27.6 Å². The molecule has 10 nitrogen and oxygen atoms in total. The lowest BCUT2D eigenvalue weighted by atomic mass is 9.93. The van der Waals surface area contributed by atoms with Gasteiger partial charge in [-0.3, -0.25) is 10.1 Å². The van der Waals surface area contributed by atoms with Crippen molar-refractivity contribution in [3.8, 4) is 0 Å². The van der Waals surface area contributed by atoms with E-state index < -0.39 is 11.7 Å². The smallest absolute Gasteiger partial charge is 0.411 e. The fourth-order valence-electron chi connectivity index (χ4n) is 4.37. The number of H-pyrrole nitrogens is 1. The third-order valence-corrected chi connectivity index (χ3v) is 6.82. The van der Waals surface area contributed by atoms with Crippen molar-refractivity contribution >= 4 is 34.4 Å². The minimum Gasteiger partial charge on any atom is -0.449 e. The lowest BCUT2D eigenvalue weighted by Crippen LogP contribution is -2.42. The Kier molecular flexibility index (Phi) is 7.51. The maximum Gasteiger partial charge on any atom is 0.411 e. The minimum atomic E-state index is -0.542. The monoisotopic (exact) mass is 497 g/mol. The van der Waals surface area contributed by atoms with E-state index in [-0.39, 0.29) is 17.6 Å². The minimum absolute atomic E-state index is 0.0442. The molecule has 194 valence electrons. The van der Waals surface area contributed by atoms with Crippen molar-refractivity contribution in [1.82, 2.24) is 19.5 Å². The first-order chi connectivity index (χ1) is 17.2. The summed E-state index contributed by atoms with van der Waals surface area (Å²) in [5.74, 6) is 0.0442. The van der Waals surface area contributed by atoms with Gasteiger partial charge in [0.05, 0.1) is 28.9 Å². The van der Waals surface area contributed by atoms with E-state index in [0.29, 0.717) is 54.8 Å². The van der Waals surface area contributed by atoms with E-state index in [2.05, 4.69) is 10.3 Å². The molecule has 2 aromatic heterocycles. The summed E-state index contributed by atoms with van der Waals surface area (Å²) in [7, 11) is 0. The molecule has 0 radical (unpaired) electrons. The number of rotatable bonds is 7. The molecule has 3 aromatic rings. The number of unbranched alkanes of at least 4 members (excludes halogenated alkanes) is 1. The first-order valence-electron chi connectivity index (χ1n) is 12.7. The molecular weight excluding hydrogens is 462 g/mol. The van der Waals surface area contributed by atoms with Gasteiger partial charge in [0.15, 0.2) is 0 Å². The molecule has 0 bridgehead atoms. The number of likely N-dealkylation sites (tertiary alicyclic amines) is 1. The quantitative estimate of drug-likeness (QED) is 0.442. The second-order valence-corrected chi connectivity index (χ2v) is 9.88. The van der Waals surface area contributed by atoms with E-state index in [4.69, 9.17) is 14.6 Å². The Balaban J connectivity index is 1.59. The largest absolute Gasteiger partial charge is 0.449 e. The van der Waals surface area contributed by atoms with Crippen LogP contribution in [0.2, 0.25) is 0 Å². The summed E-state index contributed by atoms with van der Waals surface area (Å²) in [6.45, 7) is 9.24. The number of carbonyl (C=O) groups is 2. The Bertz CT molecular complexity index is 1300. The van der Waals surface area contributed by atoms with E-state index >= 15 is 0 Å². The first kappa shape index (κ1) is 25.5. The lowest BCUT2D eigenvalue weighted by Gasteiger charge is -2.34. The van der Waals surface area contributed by atoms with Crippen LogP contribution in [0.1, 0.15) is 71.4 Å². The highest BCUT2D eigenvalue weighted by Gasteiger charge is 2.30. The molecule has 2 amide bonds. The van der Waals surface area contributed by atoms with Gasteiger partial charge in [0, 0.05) is 25.1 Å². The third kappa shape index (κ3) is 5.47. The van der Waals surface area contributed by atoms with Gasteiger partial charge < -0.3 is 19.4 Å². The van der Waals surface area contributed by atoms with Crippen LogP contribution in [-0.4, -0.2) is 57.0 Å². The number of hydrogen-bond acceptors (Lipinski definition) is 6. The van der Waals surface area contributed by atoms with Crippen LogP contribution < -0.4 is 10.9 Å². The Labute approximate surface area is 209 Å². The maximum atomic E-state index is 12.7. The average Bonchev–Trinajstić information content (AvgIpc) is 3.23. The van der Waals surface area contributed by atoms with E-state index in [1.807, 2.05) is 33.8 Å². The second-order valence-electron chi connectivity index (χ2n) is 9.88. The van der Waals surface area contributed by atoms with Gasteiger partial charge in [-0.05, 0) is 51.7 Å². The van der Waals surface area contributed by atoms with Crippen molar-refractivity contribution in [3.05, 3.63) is 40.3 Å². The summed E-state index contributed by atoms with van der Waals surface area (Å²) in [6, 6.07) is 6.98. The van der Waals surface area contributed by atoms with Crippen LogP contribution in [0.5, 0.6) is 0 Å². The number of piperidine rings is 1. The predicted molar refractivity (Wildman–Crippen MR) is 138 cm³/mol. The highest BCUT2D eigenvalue weighted by Crippen LogP contribution is 2.32. The summed E-state index contributed by atoms with van der Waals surface area (Å²) in [4.78, 5) is 42.2. The van der Waals surface area contributed by atoms with E-state index in [0.717, 1.165) is 25.0 Å². The van der Waals surface area contributed by atoms with Crippen molar-refractivity contribution < 1.29 is 19.1 Å². The predicted octanol–water partition coefficient (Wildman–Crippen LogP) is 5.03. The number of fused-ring (bicyclic) bond motifs is 3. The molecule has 0 unspecified atom stereocenters. The molecule has 1 aliphatic rings. The molecule has 0 aliphatic carbocycles. The van der Waals surface area contributed by atoms with Gasteiger partial charge in [-0.2, -0.15) is 5.10 Å². The fourth-order valence-corrected chi connectivity index (χ4v) is 4.37. The molecule has 36 heavy (non-hydrogen) atoms. The number of benzene rings is 1. The normalized spacial score (nSPS) is 14.8. The number of nitrogens with one attached hydrogen (secondary N) is 2. The number of hydrogen-bond donors (Lipinski definition) is 2. The highest BCUT2D eigenvalue weighted by molar-refractivity contribution is 6.06. The van der Waals surface area contributed by atoms with Crippen LogP contribution in [-0.2, 0) is 9.47 Å². The van der Waals surface area contributed by atoms with Gasteiger partial charge in [0.25, 0.3) is 5.56 Å². The van der Waals surface area contributed by atoms with E-state index in [9.17, 15) is 14.4 Å². The van der Waals surface area contributed by atoms with Crippen molar-refractivity contribution in [2.24, 2.45) is 0 Å². The zero-order valence-electron chi connectivity index (χ0n) is 21.4. The van der Waals surface area contributed by atoms with Crippen LogP contribution in [0.4, 0.5) is 15.3 Å². The molecule has 4 rings (SSSR count). The topological polar surface area (TPSA) is 118 Å². The van der Waals surface area contributed by atoms with Crippen LogP contribution in [0.3, 0.4) is 0 Å².